The number of nitrogens with zero attached hydrogens (tertiary/aromatic N) is 1. The smallest absolute Gasteiger partial charge is 0.269 e. The maximum atomic E-state index is 2.89. The number of para-hydroxylation sites is 1. The Hall–Kier alpha value is -4.32. The van der Waals surface area contributed by atoms with Crippen LogP contribution in [0.3, 0.4) is 0 Å². The van der Waals surface area contributed by atoms with Crippen LogP contribution in [0.15, 0.2) is 127 Å². The summed E-state index contributed by atoms with van der Waals surface area (Å²) in [7, 11) is -2.07. The van der Waals surface area contributed by atoms with Crippen molar-refractivity contribution in [3.8, 4) is 0 Å². The first-order valence-corrected chi connectivity index (χ1v) is 18.6. The van der Waals surface area contributed by atoms with Crippen LogP contribution in [0.1, 0.15) is 31.9 Å². The molecule has 3 heteroatoms. The number of fused-ring (bicyclic) bond motifs is 4. The summed E-state index contributed by atoms with van der Waals surface area (Å²) in [5.41, 5.74) is 4.11. The Morgan fingerprint density at radius 2 is 0.864 bits per heavy atom. The van der Waals surface area contributed by atoms with Gasteiger partial charge in [-0.2, -0.15) is 0 Å². The van der Waals surface area contributed by atoms with Crippen LogP contribution < -0.4 is 14.9 Å². The highest BCUT2D eigenvalue weighted by Gasteiger charge is 2.66. The van der Waals surface area contributed by atoms with Crippen molar-refractivity contribution >= 4 is 81.4 Å². The van der Waals surface area contributed by atoms with Crippen molar-refractivity contribution in [2.45, 2.75) is 39.7 Å². The van der Waals surface area contributed by atoms with Gasteiger partial charge in [-0.25, -0.2) is 0 Å². The lowest BCUT2D eigenvalue weighted by molar-refractivity contribution is 0.764. The quantitative estimate of drug-likeness (QED) is 0.111. The fraction of sp³-hybridized carbons (Fsp3) is 0.146. The standard InChI is InChI=1S/C41H36NSi2/c1-27-15-14-16-28(2)37(27)42-40(43-41(3,4)5)44(42,38-33-21-10-6-17-29(33)25-30-18-7-11-22-34(30)38)39-35-23-12-8-19-31(35)26-32-20-9-13-24-36(32)39/h6-26H,1-5H3. The number of benzene rings is 7. The highest BCUT2D eigenvalue weighted by molar-refractivity contribution is 7.47. The summed E-state index contributed by atoms with van der Waals surface area (Å²) < 4.78 is 2.89. The van der Waals surface area contributed by atoms with Crippen LogP contribution in [0.5, 0.6) is 0 Å². The van der Waals surface area contributed by atoms with Crippen LogP contribution in [0, 0.1) is 13.8 Å². The number of aryl methyl sites for hydroxylation is 2. The van der Waals surface area contributed by atoms with Gasteiger partial charge in [0.05, 0.1) is 0 Å². The van der Waals surface area contributed by atoms with E-state index in [1.165, 1.54) is 59.9 Å². The molecule has 0 atom stereocenters. The summed E-state index contributed by atoms with van der Waals surface area (Å²) in [5, 5.41) is 14.1. The van der Waals surface area contributed by atoms with Crippen LogP contribution in [0.4, 0.5) is 5.69 Å². The molecule has 0 amide bonds. The van der Waals surface area contributed by atoms with Gasteiger partial charge in [0.1, 0.15) is 0 Å². The topological polar surface area (TPSA) is 3.01 Å². The largest absolute Gasteiger partial charge is 0.364 e. The van der Waals surface area contributed by atoms with E-state index in [2.05, 4.69) is 167 Å². The zero-order valence-electron chi connectivity index (χ0n) is 26.1. The lowest BCUT2D eigenvalue weighted by Crippen LogP contribution is -2.54. The van der Waals surface area contributed by atoms with Crippen molar-refractivity contribution in [1.29, 1.82) is 0 Å². The number of hydrogen-bond acceptors (Lipinski definition) is 1. The summed E-state index contributed by atoms with van der Waals surface area (Å²) in [5.74, 6) is 0. The average Bonchev–Trinajstić information content (AvgIpc) is 3.62. The van der Waals surface area contributed by atoms with Gasteiger partial charge < -0.3 is 4.57 Å². The highest BCUT2D eigenvalue weighted by Crippen LogP contribution is 2.45. The number of anilines is 1. The molecule has 213 valence electrons. The van der Waals surface area contributed by atoms with Crippen LogP contribution in [-0.2, 0) is 0 Å². The van der Waals surface area contributed by atoms with Crippen molar-refractivity contribution in [3.63, 3.8) is 0 Å². The predicted molar refractivity (Wildman–Crippen MR) is 197 cm³/mol. The number of hydrogen-bond donors (Lipinski definition) is 0. The molecular formula is C41H36NSi2. The Kier molecular flexibility index (Phi) is 6.10. The summed E-state index contributed by atoms with van der Waals surface area (Å²) in [6, 6.07) is 48.1. The Morgan fingerprint density at radius 3 is 1.23 bits per heavy atom. The van der Waals surface area contributed by atoms with E-state index in [0.29, 0.717) is 9.13 Å². The van der Waals surface area contributed by atoms with Gasteiger partial charge in [0.2, 0.25) is 0 Å². The van der Waals surface area contributed by atoms with Crippen LogP contribution in [-0.4, -0.2) is 22.3 Å². The third-order valence-electron chi connectivity index (χ3n) is 9.27. The van der Waals surface area contributed by atoms with Crippen molar-refractivity contribution in [2.24, 2.45) is 0 Å². The molecule has 1 aliphatic rings. The van der Waals surface area contributed by atoms with Crippen LogP contribution in [0.25, 0.3) is 43.1 Å². The van der Waals surface area contributed by atoms with E-state index in [0.717, 1.165) is 0 Å². The molecule has 1 saturated heterocycles. The van der Waals surface area contributed by atoms with Gasteiger partial charge in [0.25, 0.3) is 8.24 Å². The second kappa shape index (κ2) is 9.85. The Balaban J connectivity index is 1.68. The lowest BCUT2D eigenvalue weighted by atomic mass is 10.0. The molecule has 0 aromatic heterocycles. The predicted octanol–water partition coefficient (Wildman–Crippen LogP) is 9.09. The molecule has 1 aliphatic heterocycles. The molecule has 1 nitrogen and oxygen atoms in total. The fourth-order valence-corrected chi connectivity index (χ4v) is 17.2. The second-order valence-electron chi connectivity index (χ2n) is 13.4. The molecule has 0 bridgehead atoms. The van der Waals surface area contributed by atoms with E-state index in [1.807, 2.05) is 0 Å². The molecule has 1 heterocycles. The molecule has 0 N–H and O–H groups in total. The van der Waals surface area contributed by atoms with Crippen LogP contribution >= 0.6 is 0 Å². The molecule has 7 aromatic carbocycles. The Bertz CT molecular complexity index is 2060. The second-order valence-corrected chi connectivity index (χ2v) is 19.5. The normalized spacial score (nSPS) is 15.6. The van der Waals surface area contributed by atoms with E-state index in [-0.39, 0.29) is 5.04 Å². The third-order valence-corrected chi connectivity index (χ3v) is 16.5. The van der Waals surface area contributed by atoms with E-state index in [1.54, 1.807) is 15.3 Å². The van der Waals surface area contributed by atoms with Gasteiger partial charge in [-0.3, -0.25) is 0 Å². The van der Waals surface area contributed by atoms with Crippen molar-refractivity contribution in [3.05, 3.63) is 139 Å². The van der Waals surface area contributed by atoms with Gasteiger partial charge in [-0.05, 0) is 95.6 Å². The monoisotopic (exact) mass is 598 g/mol. The third kappa shape index (κ3) is 3.99. The zero-order chi connectivity index (χ0) is 30.2. The lowest BCUT2D eigenvalue weighted by Gasteiger charge is -2.25. The van der Waals surface area contributed by atoms with Gasteiger partial charge in [0, 0.05) is 19.7 Å². The van der Waals surface area contributed by atoms with E-state index >= 15 is 0 Å². The molecule has 7 aromatic rings. The van der Waals surface area contributed by atoms with Gasteiger partial charge in [0.15, 0.2) is 0 Å². The number of rotatable bonds is 3. The molecule has 0 spiro atoms. The van der Waals surface area contributed by atoms with Gasteiger partial charge in [-0.15, -0.1) is 0 Å². The maximum Gasteiger partial charge on any atom is 0.269 e. The van der Waals surface area contributed by atoms with E-state index in [9.17, 15) is 0 Å². The first-order valence-electron chi connectivity index (χ1n) is 15.6. The maximum absolute atomic E-state index is 2.89. The summed E-state index contributed by atoms with van der Waals surface area (Å²) in [6.07, 6.45) is 0. The first kappa shape index (κ1) is 27.2. The van der Waals surface area contributed by atoms with Gasteiger partial charge >= 0.3 is 0 Å². The summed E-state index contributed by atoms with van der Waals surface area (Å²) in [4.78, 5) is 1.64. The van der Waals surface area contributed by atoms with Gasteiger partial charge in [-0.1, -0.05) is 136 Å². The minimum atomic E-state index is -2.77. The fourth-order valence-electron chi connectivity index (χ4n) is 7.58. The Labute approximate surface area is 263 Å². The minimum absolute atomic E-state index is 0.152. The first-order chi connectivity index (χ1) is 21.3. The van der Waals surface area contributed by atoms with Crippen molar-refractivity contribution < 1.29 is 0 Å². The van der Waals surface area contributed by atoms with Crippen molar-refractivity contribution in [2.75, 3.05) is 4.57 Å². The molecule has 44 heavy (non-hydrogen) atoms. The van der Waals surface area contributed by atoms with E-state index < -0.39 is 8.24 Å². The summed E-state index contributed by atoms with van der Waals surface area (Å²) in [6.45, 7) is 11.9. The van der Waals surface area contributed by atoms with Crippen molar-refractivity contribution in [1.82, 2.24) is 0 Å². The molecule has 1 fully saturated rings. The molecule has 0 saturated carbocycles. The molecular weight excluding hydrogens is 563 g/mol. The SMILES string of the molecule is Cc1cccc(C)c1N1C(=[Si]C(C)(C)C)[Si]1(c1c2ccccc2cc2ccccc12)c1c2ccccc2cc2ccccc12. The highest BCUT2D eigenvalue weighted by atomic mass is 28.4. The van der Waals surface area contributed by atoms with Crippen LogP contribution in [0.2, 0.25) is 5.04 Å². The minimum Gasteiger partial charge on any atom is -0.364 e. The molecule has 0 unspecified atom stereocenters. The zero-order valence-corrected chi connectivity index (χ0v) is 28.1. The average molecular weight is 599 g/mol. The molecule has 8 rings (SSSR count). The molecule has 1 radical (unpaired) electrons. The molecule has 0 aliphatic carbocycles. The summed E-state index contributed by atoms with van der Waals surface area (Å²) >= 11 is 0. The Morgan fingerprint density at radius 1 is 0.500 bits per heavy atom. The van der Waals surface area contributed by atoms with E-state index in [4.69, 9.17) is 0 Å².